The van der Waals surface area contributed by atoms with Crippen molar-refractivity contribution in [1.82, 2.24) is 15.0 Å². The molecule has 0 unspecified atom stereocenters. The molecule has 3 heterocycles. The molecule has 0 radical (unpaired) electrons. The first-order chi connectivity index (χ1) is 14.6. The van der Waals surface area contributed by atoms with Gasteiger partial charge >= 0.3 is 5.97 Å². The van der Waals surface area contributed by atoms with Crippen LogP contribution >= 0.6 is 23.1 Å². The summed E-state index contributed by atoms with van der Waals surface area (Å²) in [6, 6.07) is 6.63. The number of rotatable bonds is 7. The number of hydrogen-bond acceptors (Lipinski definition) is 9. The van der Waals surface area contributed by atoms with Gasteiger partial charge < -0.3 is 15.0 Å². The van der Waals surface area contributed by atoms with Gasteiger partial charge in [-0.3, -0.25) is 4.79 Å². The Morgan fingerprint density at radius 1 is 1.20 bits per heavy atom. The van der Waals surface area contributed by atoms with Gasteiger partial charge in [0.1, 0.15) is 16.1 Å². The van der Waals surface area contributed by atoms with Crippen LogP contribution in [0.4, 0.5) is 10.8 Å². The van der Waals surface area contributed by atoms with E-state index in [2.05, 4.69) is 25.2 Å². The van der Waals surface area contributed by atoms with Crippen molar-refractivity contribution in [1.29, 1.82) is 0 Å². The summed E-state index contributed by atoms with van der Waals surface area (Å²) < 4.78 is 5.87. The summed E-state index contributed by atoms with van der Waals surface area (Å²) in [6.45, 7) is 4.12. The second-order valence-electron chi connectivity index (χ2n) is 6.66. The number of nitrogens with one attached hydrogen (secondary N) is 1. The van der Waals surface area contributed by atoms with Crippen LogP contribution in [0, 0.1) is 0 Å². The third-order valence-corrected chi connectivity index (χ3v) is 6.77. The number of hydrogen-bond donors (Lipinski definition) is 1. The van der Waals surface area contributed by atoms with Crippen molar-refractivity contribution in [3.05, 3.63) is 36.2 Å². The van der Waals surface area contributed by atoms with Gasteiger partial charge in [-0.1, -0.05) is 23.1 Å². The molecule has 8 nitrogen and oxygen atoms in total. The Labute approximate surface area is 182 Å². The van der Waals surface area contributed by atoms with Crippen LogP contribution < -0.4 is 10.2 Å². The summed E-state index contributed by atoms with van der Waals surface area (Å²) in [7, 11) is 0. The normalized spacial score (nSPS) is 13.6. The molecule has 2 aromatic heterocycles. The Hall–Kier alpha value is -2.72. The molecular weight excluding hydrogens is 422 g/mol. The van der Waals surface area contributed by atoms with Gasteiger partial charge in [0.15, 0.2) is 10.8 Å². The number of benzene rings is 1. The zero-order valence-electron chi connectivity index (χ0n) is 16.5. The van der Waals surface area contributed by atoms with E-state index in [0.717, 1.165) is 27.9 Å². The van der Waals surface area contributed by atoms with Crippen molar-refractivity contribution >= 4 is 56.1 Å². The van der Waals surface area contributed by atoms with E-state index in [9.17, 15) is 9.59 Å². The number of esters is 1. The van der Waals surface area contributed by atoms with E-state index in [4.69, 9.17) is 4.74 Å². The van der Waals surface area contributed by atoms with Crippen LogP contribution in [-0.4, -0.2) is 52.3 Å². The van der Waals surface area contributed by atoms with Crippen LogP contribution in [0.1, 0.15) is 30.1 Å². The molecule has 156 valence electrons. The van der Waals surface area contributed by atoms with Crippen LogP contribution in [0.2, 0.25) is 0 Å². The molecule has 1 aliphatic heterocycles. The standard InChI is InChI=1S/C20H21N5O3S2/c1-2-28-19(27)13-5-7-14(8-6-13)23-15(26)11-29-18-16-17(21-12-22-18)24-20(30-16)25-9-3-4-10-25/h5-8,12H,2-4,9-11H2,1H3,(H,23,26). The molecule has 1 saturated heterocycles. The fourth-order valence-corrected chi connectivity index (χ4v) is 5.05. The van der Waals surface area contributed by atoms with Gasteiger partial charge in [0, 0.05) is 18.8 Å². The van der Waals surface area contributed by atoms with E-state index < -0.39 is 0 Å². The predicted molar refractivity (Wildman–Crippen MR) is 118 cm³/mol. The van der Waals surface area contributed by atoms with E-state index in [0.29, 0.717) is 23.5 Å². The Balaban J connectivity index is 1.37. The molecule has 3 aromatic rings. The number of thioether (sulfide) groups is 1. The number of nitrogens with zero attached hydrogens (tertiary/aromatic N) is 4. The molecule has 1 amide bonds. The highest BCUT2D eigenvalue weighted by molar-refractivity contribution is 8.00. The minimum atomic E-state index is -0.378. The molecule has 4 rings (SSSR count). The van der Waals surface area contributed by atoms with Crippen molar-refractivity contribution < 1.29 is 14.3 Å². The number of ether oxygens (including phenoxy) is 1. The molecule has 0 bridgehead atoms. The fourth-order valence-electron chi connectivity index (χ4n) is 3.10. The van der Waals surface area contributed by atoms with Gasteiger partial charge in [0.05, 0.1) is 17.9 Å². The topological polar surface area (TPSA) is 97.3 Å². The molecule has 1 aliphatic rings. The maximum absolute atomic E-state index is 12.4. The number of aromatic nitrogens is 3. The first-order valence-electron chi connectivity index (χ1n) is 9.70. The van der Waals surface area contributed by atoms with Gasteiger partial charge in [0.2, 0.25) is 5.91 Å². The highest BCUT2D eigenvalue weighted by Gasteiger charge is 2.19. The second kappa shape index (κ2) is 9.40. The average molecular weight is 444 g/mol. The molecule has 30 heavy (non-hydrogen) atoms. The van der Waals surface area contributed by atoms with E-state index in [1.807, 2.05) is 0 Å². The minimum absolute atomic E-state index is 0.153. The summed E-state index contributed by atoms with van der Waals surface area (Å²) in [5.41, 5.74) is 1.75. The third-order valence-electron chi connectivity index (χ3n) is 4.54. The van der Waals surface area contributed by atoms with Crippen molar-refractivity contribution in [3.8, 4) is 0 Å². The molecular formula is C20H21N5O3S2. The highest BCUT2D eigenvalue weighted by Crippen LogP contribution is 2.34. The number of thiazole rings is 1. The van der Waals surface area contributed by atoms with E-state index in [1.54, 1.807) is 42.5 Å². The number of amides is 1. The quantitative estimate of drug-likeness (QED) is 0.336. The lowest BCUT2D eigenvalue weighted by Gasteiger charge is -2.11. The van der Waals surface area contributed by atoms with Gasteiger partial charge in [0.25, 0.3) is 0 Å². The number of fused-ring (bicyclic) bond motifs is 1. The Morgan fingerprint density at radius 2 is 1.97 bits per heavy atom. The molecule has 1 N–H and O–H groups in total. The minimum Gasteiger partial charge on any atom is -0.462 e. The molecule has 0 atom stereocenters. The maximum atomic E-state index is 12.4. The average Bonchev–Trinajstić information content (AvgIpc) is 3.42. The second-order valence-corrected chi connectivity index (χ2v) is 8.60. The predicted octanol–water partition coefficient (Wildman–Crippen LogP) is 3.59. The lowest BCUT2D eigenvalue weighted by Crippen LogP contribution is -2.16. The van der Waals surface area contributed by atoms with Gasteiger partial charge in [-0.2, -0.15) is 4.98 Å². The van der Waals surface area contributed by atoms with Crippen LogP contribution in [0.3, 0.4) is 0 Å². The summed E-state index contributed by atoms with van der Waals surface area (Å²) in [6.07, 6.45) is 3.86. The van der Waals surface area contributed by atoms with Gasteiger partial charge in [-0.15, -0.1) is 0 Å². The van der Waals surface area contributed by atoms with Crippen molar-refractivity contribution in [2.45, 2.75) is 24.8 Å². The molecule has 0 spiro atoms. The lowest BCUT2D eigenvalue weighted by atomic mass is 10.2. The lowest BCUT2D eigenvalue weighted by molar-refractivity contribution is -0.113. The highest BCUT2D eigenvalue weighted by atomic mass is 32.2. The summed E-state index contributed by atoms with van der Waals surface area (Å²) in [5, 5.41) is 4.56. The van der Waals surface area contributed by atoms with E-state index >= 15 is 0 Å². The Bertz CT molecular complexity index is 1050. The Morgan fingerprint density at radius 3 is 2.70 bits per heavy atom. The van der Waals surface area contributed by atoms with Crippen molar-refractivity contribution in [3.63, 3.8) is 0 Å². The van der Waals surface area contributed by atoms with Gasteiger partial charge in [-0.05, 0) is 44.0 Å². The SMILES string of the molecule is CCOC(=O)c1ccc(NC(=O)CSc2ncnc3nc(N4CCCC4)sc23)cc1. The fraction of sp³-hybridized carbons (Fsp3) is 0.350. The molecule has 1 fully saturated rings. The Kier molecular flexibility index (Phi) is 6.44. The maximum Gasteiger partial charge on any atom is 0.338 e. The molecule has 0 aliphatic carbocycles. The van der Waals surface area contributed by atoms with Crippen LogP contribution in [0.25, 0.3) is 10.3 Å². The summed E-state index contributed by atoms with van der Waals surface area (Å²) in [5.74, 6) is -0.320. The monoisotopic (exact) mass is 443 g/mol. The zero-order chi connectivity index (χ0) is 20.9. The number of anilines is 2. The molecule has 0 saturated carbocycles. The summed E-state index contributed by atoms with van der Waals surface area (Å²) >= 11 is 2.94. The van der Waals surface area contributed by atoms with Crippen LogP contribution in [0.5, 0.6) is 0 Å². The molecule has 1 aromatic carbocycles. The van der Waals surface area contributed by atoms with E-state index in [1.165, 1.54) is 30.9 Å². The first-order valence-corrected chi connectivity index (χ1v) is 11.5. The van der Waals surface area contributed by atoms with Crippen molar-refractivity contribution in [2.24, 2.45) is 0 Å². The third kappa shape index (κ3) is 4.71. The van der Waals surface area contributed by atoms with Gasteiger partial charge in [-0.25, -0.2) is 14.8 Å². The smallest absolute Gasteiger partial charge is 0.338 e. The first kappa shape index (κ1) is 20.5. The largest absolute Gasteiger partial charge is 0.462 e. The van der Waals surface area contributed by atoms with Crippen LogP contribution in [-0.2, 0) is 9.53 Å². The number of carbonyl (C=O) groups excluding carboxylic acids is 2. The van der Waals surface area contributed by atoms with E-state index in [-0.39, 0.29) is 17.6 Å². The van der Waals surface area contributed by atoms with Crippen molar-refractivity contribution in [2.75, 3.05) is 35.7 Å². The summed E-state index contributed by atoms with van der Waals surface area (Å²) in [4.78, 5) is 39.6. The molecule has 10 heteroatoms. The number of carbonyl (C=O) groups is 2. The van der Waals surface area contributed by atoms with Crippen LogP contribution in [0.15, 0.2) is 35.6 Å². The zero-order valence-corrected chi connectivity index (χ0v) is 18.1.